The molecule has 2 aliphatic carbocycles. The second-order valence-electron chi connectivity index (χ2n) is 6.69. The van der Waals surface area contributed by atoms with Crippen LogP contribution in [0.2, 0.25) is 5.02 Å². The molecule has 0 spiro atoms. The van der Waals surface area contributed by atoms with Gasteiger partial charge in [-0.15, -0.1) is 0 Å². The zero-order valence-corrected chi connectivity index (χ0v) is 13.8. The molecule has 1 N–H and O–H groups in total. The zero-order valence-electron chi connectivity index (χ0n) is 13.1. The number of anilines is 1. The first-order valence-electron chi connectivity index (χ1n) is 8.37. The number of benzene rings is 2. The number of fused-ring (bicyclic) bond motifs is 1. The Balaban J connectivity index is 1.60. The molecule has 2 nitrogen and oxygen atoms in total. The fourth-order valence-electron chi connectivity index (χ4n) is 3.68. The van der Waals surface area contributed by atoms with Gasteiger partial charge in [-0.05, 0) is 73.4 Å². The monoisotopic (exact) mass is 325 g/mol. The summed E-state index contributed by atoms with van der Waals surface area (Å²) in [5.74, 6) is 0.124. The molecule has 1 amide bonds. The number of halogens is 1. The van der Waals surface area contributed by atoms with Crippen LogP contribution in [0.5, 0.6) is 0 Å². The van der Waals surface area contributed by atoms with Gasteiger partial charge in [0.25, 0.3) is 0 Å². The summed E-state index contributed by atoms with van der Waals surface area (Å²) in [5, 5.41) is 3.92. The molecule has 0 saturated heterocycles. The molecule has 23 heavy (non-hydrogen) atoms. The van der Waals surface area contributed by atoms with E-state index in [1.165, 1.54) is 24.0 Å². The predicted octanol–water partition coefficient (Wildman–Crippen LogP) is 4.89. The molecule has 1 fully saturated rings. The maximum absolute atomic E-state index is 12.9. The average molecular weight is 326 g/mol. The van der Waals surface area contributed by atoms with Gasteiger partial charge < -0.3 is 5.32 Å². The molecule has 0 aromatic heterocycles. The van der Waals surface area contributed by atoms with Gasteiger partial charge in [0, 0.05) is 10.7 Å². The molecule has 118 valence electrons. The van der Waals surface area contributed by atoms with Crippen LogP contribution in [0.3, 0.4) is 0 Å². The Labute approximate surface area is 141 Å². The van der Waals surface area contributed by atoms with Crippen LogP contribution in [-0.2, 0) is 23.1 Å². The van der Waals surface area contributed by atoms with Gasteiger partial charge in [-0.1, -0.05) is 35.9 Å². The van der Waals surface area contributed by atoms with E-state index < -0.39 is 0 Å². The number of hydrogen-bond donors (Lipinski definition) is 1. The predicted molar refractivity (Wildman–Crippen MR) is 94.1 cm³/mol. The van der Waals surface area contributed by atoms with Gasteiger partial charge in [0.05, 0.1) is 5.41 Å². The van der Waals surface area contributed by atoms with Gasteiger partial charge in [0.2, 0.25) is 5.91 Å². The first-order valence-corrected chi connectivity index (χ1v) is 8.75. The molecule has 0 aliphatic heterocycles. The second-order valence-corrected chi connectivity index (χ2v) is 7.13. The third-order valence-corrected chi connectivity index (χ3v) is 5.48. The third-order valence-electron chi connectivity index (χ3n) is 5.23. The minimum absolute atomic E-state index is 0.124. The number of aryl methyl sites for hydroxylation is 1. The lowest BCUT2D eigenvalue weighted by Gasteiger charge is -2.22. The highest BCUT2D eigenvalue weighted by molar-refractivity contribution is 6.30. The van der Waals surface area contributed by atoms with E-state index >= 15 is 0 Å². The molecule has 0 bridgehead atoms. The van der Waals surface area contributed by atoms with E-state index in [-0.39, 0.29) is 11.3 Å². The van der Waals surface area contributed by atoms with Crippen LogP contribution < -0.4 is 5.32 Å². The van der Waals surface area contributed by atoms with Crippen molar-refractivity contribution in [1.29, 1.82) is 0 Å². The van der Waals surface area contributed by atoms with Crippen molar-refractivity contribution in [3.63, 3.8) is 0 Å². The standard InChI is InChI=1S/C20H20ClNO/c21-16-10-8-15(9-11-16)20(12-13-20)19(23)22-18-7-3-5-14-4-1-2-6-17(14)18/h3,5,7-11H,1-2,4,6,12-13H2,(H,22,23). The molecular weight excluding hydrogens is 306 g/mol. The Kier molecular flexibility index (Phi) is 3.65. The van der Waals surface area contributed by atoms with Crippen molar-refractivity contribution in [2.24, 2.45) is 0 Å². The first-order chi connectivity index (χ1) is 11.2. The normalized spacial score (nSPS) is 18.1. The maximum Gasteiger partial charge on any atom is 0.235 e. The number of nitrogens with one attached hydrogen (secondary N) is 1. The molecule has 0 atom stereocenters. The Morgan fingerprint density at radius 3 is 2.48 bits per heavy atom. The summed E-state index contributed by atoms with van der Waals surface area (Å²) >= 11 is 5.97. The molecule has 2 aromatic carbocycles. The van der Waals surface area contributed by atoms with Crippen LogP contribution in [0.1, 0.15) is 42.4 Å². The Bertz CT molecular complexity index is 747. The highest BCUT2D eigenvalue weighted by Gasteiger charge is 2.51. The number of hydrogen-bond acceptors (Lipinski definition) is 1. The largest absolute Gasteiger partial charge is 0.325 e. The van der Waals surface area contributed by atoms with E-state index in [0.29, 0.717) is 5.02 Å². The van der Waals surface area contributed by atoms with Crippen LogP contribution in [0.25, 0.3) is 0 Å². The average Bonchev–Trinajstić information content (AvgIpc) is 3.38. The fourth-order valence-corrected chi connectivity index (χ4v) is 3.81. The lowest BCUT2D eigenvalue weighted by Crippen LogP contribution is -2.28. The van der Waals surface area contributed by atoms with Crippen molar-refractivity contribution >= 4 is 23.2 Å². The topological polar surface area (TPSA) is 29.1 Å². The van der Waals surface area contributed by atoms with Crippen molar-refractivity contribution < 1.29 is 4.79 Å². The van der Waals surface area contributed by atoms with Gasteiger partial charge in [0.15, 0.2) is 0 Å². The minimum atomic E-state index is -0.359. The van der Waals surface area contributed by atoms with Crippen molar-refractivity contribution in [3.8, 4) is 0 Å². The lowest BCUT2D eigenvalue weighted by atomic mass is 9.90. The highest BCUT2D eigenvalue weighted by atomic mass is 35.5. The summed E-state index contributed by atoms with van der Waals surface area (Å²) in [6, 6.07) is 14.0. The number of carbonyl (C=O) groups excluding carboxylic acids is 1. The van der Waals surface area contributed by atoms with Gasteiger partial charge in [0.1, 0.15) is 0 Å². The summed E-state index contributed by atoms with van der Waals surface area (Å²) in [6.07, 6.45) is 6.48. The molecule has 0 unspecified atom stereocenters. The smallest absolute Gasteiger partial charge is 0.235 e. The quantitative estimate of drug-likeness (QED) is 0.855. The van der Waals surface area contributed by atoms with E-state index in [1.807, 2.05) is 30.3 Å². The lowest BCUT2D eigenvalue weighted by molar-refractivity contribution is -0.118. The number of carbonyl (C=O) groups is 1. The van der Waals surface area contributed by atoms with E-state index in [1.54, 1.807) is 0 Å². The molecule has 4 rings (SSSR count). The van der Waals surface area contributed by atoms with Gasteiger partial charge in [-0.3, -0.25) is 4.79 Å². The number of rotatable bonds is 3. The third kappa shape index (κ3) is 2.66. The van der Waals surface area contributed by atoms with Crippen molar-refractivity contribution in [3.05, 3.63) is 64.2 Å². The van der Waals surface area contributed by atoms with E-state index in [9.17, 15) is 4.79 Å². The number of amides is 1. The van der Waals surface area contributed by atoms with Gasteiger partial charge >= 0.3 is 0 Å². The molecule has 0 radical (unpaired) electrons. The molecule has 2 aliphatic rings. The van der Waals surface area contributed by atoms with Gasteiger partial charge in [-0.25, -0.2) is 0 Å². The van der Waals surface area contributed by atoms with E-state index in [0.717, 1.165) is 36.9 Å². The highest BCUT2D eigenvalue weighted by Crippen LogP contribution is 2.49. The second kappa shape index (κ2) is 5.68. The van der Waals surface area contributed by atoms with Gasteiger partial charge in [-0.2, -0.15) is 0 Å². The Hall–Kier alpha value is -1.80. The maximum atomic E-state index is 12.9. The minimum Gasteiger partial charge on any atom is -0.325 e. The summed E-state index contributed by atoms with van der Waals surface area (Å²) in [6.45, 7) is 0. The molecule has 3 heteroatoms. The van der Waals surface area contributed by atoms with Crippen LogP contribution in [0.4, 0.5) is 5.69 Å². The molecular formula is C20H20ClNO. The van der Waals surface area contributed by atoms with Crippen molar-refractivity contribution in [2.45, 2.75) is 43.9 Å². The van der Waals surface area contributed by atoms with Crippen LogP contribution in [0.15, 0.2) is 42.5 Å². The summed E-state index contributed by atoms with van der Waals surface area (Å²) in [4.78, 5) is 12.9. The van der Waals surface area contributed by atoms with E-state index in [2.05, 4.69) is 17.4 Å². The SMILES string of the molecule is O=C(Nc1cccc2c1CCCC2)C1(c2ccc(Cl)cc2)CC1. The zero-order chi connectivity index (χ0) is 15.9. The van der Waals surface area contributed by atoms with Crippen LogP contribution >= 0.6 is 11.6 Å². The Morgan fingerprint density at radius 2 is 1.74 bits per heavy atom. The van der Waals surface area contributed by atoms with Crippen molar-refractivity contribution in [1.82, 2.24) is 0 Å². The summed E-state index contributed by atoms with van der Waals surface area (Å²) in [5.41, 5.74) is 4.45. The molecule has 2 aromatic rings. The molecule has 0 heterocycles. The van der Waals surface area contributed by atoms with Crippen LogP contribution in [-0.4, -0.2) is 5.91 Å². The molecule has 1 saturated carbocycles. The fraction of sp³-hybridized carbons (Fsp3) is 0.350. The summed E-state index contributed by atoms with van der Waals surface area (Å²) < 4.78 is 0. The van der Waals surface area contributed by atoms with Crippen molar-refractivity contribution in [2.75, 3.05) is 5.32 Å². The van der Waals surface area contributed by atoms with Crippen LogP contribution in [0, 0.1) is 0 Å². The first kappa shape index (κ1) is 14.8. The summed E-state index contributed by atoms with van der Waals surface area (Å²) in [7, 11) is 0. The van der Waals surface area contributed by atoms with E-state index in [4.69, 9.17) is 11.6 Å². The Morgan fingerprint density at radius 1 is 1.00 bits per heavy atom.